The van der Waals surface area contributed by atoms with E-state index in [1.165, 1.54) is 0 Å². The monoisotopic (exact) mass is 331 g/mol. The van der Waals surface area contributed by atoms with Gasteiger partial charge in [-0.3, -0.25) is 4.90 Å². The molecule has 24 heavy (non-hydrogen) atoms. The summed E-state index contributed by atoms with van der Waals surface area (Å²) in [6, 6.07) is 0. The SMILES string of the molecule is C=BC.Cc1nc2c(C)c(N3CCN(CCO)CC3)nc(N)n2n1. The molecule has 0 spiro atoms. The number of hydrogen-bond acceptors (Lipinski definition) is 7. The van der Waals surface area contributed by atoms with Gasteiger partial charge in [-0.1, -0.05) is 0 Å². The topological polar surface area (TPSA) is 95.8 Å². The van der Waals surface area contributed by atoms with Crippen LogP contribution >= 0.6 is 0 Å². The van der Waals surface area contributed by atoms with E-state index < -0.39 is 0 Å². The van der Waals surface area contributed by atoms with Crippen molar-refractivity contribution in [3.05, 3.63) is 11.4 Å². The summed E-state index contributed by atoms with van der Waals surface area (Å²) in [5, 5.41) is 13.3. The Morgan fingerprint density at radius 1 is 1.21 bits per heavy atom. The van der Waals surface area contributed by atoms with Gasteiger partial charge >= 0.3 is 20.2 Å². The van der Waals surface area contributed by atoms with E-state index in [2.05, 4.69) is 31.3 Å². The molecule has 8 nitrogen and oxygen atoms in total. The Hall–Kier alpha value is -2.00. The van der Waals surface area contributed by atoms with Crippen LogP contribution in [0.1, 0.15) is 11.4 Å². The maximum absolute atomic E-state index is 9.00. The molecule has 0 radical (unpaired) electrons. The van der Waals surface area contributed by atoms with E-state index in [4.69, 9.17) is 10.8 Å². The van der Waals surface area contributed by atoms with Crippen molar-refractivity contribution in [1.82, 2.24) is 24.5 Å². The zero-order valence-electron chi connectivity index (χ0n) is 14.7. The minimum absolute atomic E-state index is 0.204. The van der Waals surface area contributed by atoms with Crippen LogP contribution in [0.25, 0.3) is 5.65 Å². The zero-order chi connectivity index (χ0) is 17.7. The summed E-state index contributed by atoms with van der Waals surface area (Å²) in [5.74, 6) is 1.94. The molecular formula is C15H26BN7O. The largest absolute Gasteiger partial charge is 0.395 e. The van der Waals surface area contributed by atoms with Crippen LogP contribution in [0, 0.1) is 13.8 Å². The molecule has 0 saturated carbocycles. The second-order valence-corrected chi connectivity index (χ2v) is 5.77. The summed E-state index contributed by atoms with van der Waals surface area (Å²) in [4.78, 5) is 13.4. The summed E-state index contributed by atoms with van der Waals surface area (Å²) in [6.07, 6.45) is 0. The van der Waals surface area contributed by atoms with Crippen LogP contribution in [0.5, 0.6) is 0 Å². The molecule has 2 aromatic heterocycles. The van der Waals surface area contributed by atoms with Crippen LogP contribution in [0.15, 0.2) is 0 Å². The first-order valence-electron chi connectivity index (χ1n) is 8.16. The van der Waals surface area contributed by atoms with Crippen molar-refractivity contribution in [3.63, 3.8) is 0 Å². The van der Waals surface area contributed by atoms with Gasteiger partial charge in [0, 0.05) is 38.3 Å². The van der Waals surface area contributed by atoms with Crippen LogP contribution in [0.3, 0.4) is 0 Å². The molecule has 1 saturated heterocycles. The van der Waals surface area contributed by atoms with Gasteiger partial charge in [-0.05, 0) is 13.8 Å². The van der Waals surface area contributed by atoms with Crippen molar-refractivity contribution >= 4 is 30.8 Å². The average molecular weight is 331 g/mol. The van der Waals surface area contributed by atoms with Gasteiger partial charge in [0.05, 0.1) is 6.61 Å². The summed E-state index contributed by atoms with van der Waals surface area (Å²) in [6.45, 7) is 15.4. The summed E-state index contributed by atoms with van der Waals surface area (Å²) in [5.41, 5.74) is 7.77. The van der Waals surface area contributed by atoms with Crippen LogP contribution < -0.4 is 10.6 Å². The van der Waals surface area contributed by atoms with Crippen molar-refractivity contribution < 1.29 is 5.11 Å². The predicted octanol–water partition coefficient (Wildman–Crippen LogP) is -0.392. The molecular weight excluding hydrogens is 305 g/mol. The van der Waals surface area contributed by atoms with Gasteiger partial charge in [-0.2, -0.15) is 9.50 Å². The Morgan fingerprint density at radius 2 is 1.83 bits per heavy atom. The van der Waals surface area contributed by atoms with E-state index in [0.29, 0.717) is 11.8 Å². The molecule has 3 N–H and O–H groups in total. The van der Waals surface area contributed by atoms with Gasteiger partial charge in [-0.15, -0.1) is 5.10 Å². The molecule has 1 fully saturated rings. The normalized spacial score (nSPS) is 15.1. The number of hydrogen-bond donors (Lipinski definition) is 2. The van der Waals surface area contributed by atoms with E-state index >= 15 is 0 Å². The number of β-amino-alcohol motifs (C(OH)–C–C–N with tert-alkyl or cyclic N) is 1. The molecule has 3 rings (SSSR count). The third-order valence-electron chi connectivity index (χ3n) is 3.91. The number of aliphatic hydroxyl groups is 1. The van der Waals surface area contributed by atoms with Crippen LogP contribution in [-0.4, -0.2) is 82.3 Å². The number of nitrogens with two attached hydrogens (primary N) is 1. The van der Waals surface area contributed by atoms with E-state index in [0.717, 1.165) is 49.8 Å². The van der Waals surface area contributed by atoms with Crippen molar-refractivity contribution in [3.8, 4) is 0 Å². The van der Waals surface area contributed by atoms with E-state index in [1.54, 1.807) is 11.4 Å². The third-order valence-corrected chi connectivity index (χ3v) is 3.91. The fourth-order valence-corrected chi connectivity index (χ4v) is 2.79. The maximum Gasteiger partial charge on any atom is 0.225 e. The quantitative estimate of drug-likeness (QED) is 0.740. The fraction of sp³-hybridized carbons (Fsp3) is 0.600. The first-order valence-corrected chi connectivity index (χ1v) is 8.16. The predicted molar refractivity (Wildman–Crippen MR) is 99.1 cm³/mol. The van der Waals surface area contributed by atoms with Crippen LogP contribution in [-0.2, 0) is 0 Å². The Morgan fingerprint density at radius 3 is 2.42 bits per heavy atom. The van der Waals surface area contributed by atoms with Crippen molar-refractivity contribution in [2.45, 2.75) is 20.7 Å². The minimum Gasteiger partial charge on any atom is -0.395 e. The van der Waals surface area contributed by atoms with Gasteiger partial charge in [0.15, 0.2) is 5.65 Å². The first-order chi connectivity index (χ1) is 11.5. The van der Waals surface area contributed by atoms with E-state index in [9.17, 15) is 0 Å². The summed E-state index contributed by atoms with van der Waals surface area (Å²) >= 11 is 0. The molecule has 130 valence electrons. The molecule has 0 bridgehead atoms. The maximum atomic E-state index is 9.00. The number of nitrogen functional groups attached to an aromatic ring is 1. The molecule has 1 aliphatic rings. The second kappa shape index (κ2) is 8.21. The Bertz CT molecular complexity index is 695. The van der Waals surface area contributed by atoms with Gasteiger partial charge in [-0.25, -0.2) is 4.98 Å². The molecule has 9 heteroatoms. The average Bonchev–Trinajstić information content (AvgIpc) is 2.96. The zero-order valence-corrected chi connectivity index (χ0v) is 14.7. The van der Waals surface area contributed by atoms with E-state index in [1.807, 2.05) is 20.7 Å². The standard InChI is InChI=1S/C13H21N7O.C2H5B/c1-9-11(19-5-3-18(4-6-19)7-8-21)16-13(14)20-12(9)15-10(2)17-20;1-3-2/h21H,3-8H2,1-2H3,(H2,14,16);1H2,2H3. The first kappa shape index (κ1) is 18.3. The van der Waals surface area contributed by atoms with Crippen molar-refractivity contribution in [2.75, 3.05) is 50.0 Å². The Kier molecular flexibility index (Phi) is 6.27. The number of nitrogens with zero attached hydrogens (tertiary/aromatic N) is 6. The van der Waals surface area contributed by atoms with E-state index in [-0.39, 0.29) is 6.61 Å². The molecule has 2 aromatic rings. The number of piperazine rings is 1. The summed E-state index contributed by atoms with van der Waals surface area (Å²) in [7, 11) is 0. The molecule has 0 aliphatic carbocycles. The minimum atomic E-state index is 0.204. The van der Waals surface area contributed by atoms with Crippen LogP contribution in [0.4, 0.5) is 11.8 Å². The van der Waals surface area contributed by atoms with Crippen molar-refractivity contribution in [2.24, 2.45) is 0 Å². The van der Waals surface area contributed by atoms with Gasteiger partial charge in [0.2, 0.25) is 5.95 Å². The molecule has 0 aromatic carbocycles. The number of anilines is 2. The smallest absolute Gasteiger partial charge is 0.225 e. The van der Waals surface area contributed by atoms with Gasteiger partial charge in [0.25, 0.3) is 0 Å². The molecule has 0 atom stereocenters. The summed E-state index contributed by atoms with van der Waals surface area (Å²) < 4.78 is 1.59. The van der Waals surface area contributed by atoms with Gasteiger partial charge in [0.1, 0.15) is 11.6 Å². The number of aromatic nitrogens is 4. The molecule has 0 unspecified atom stereocenters. The van der Waals surface area contributed by atoms with Crippen molar-refractivity contribution in [1.29, 1.82) is 0 Å². The second-order valence-electron chi connectivity index (χ2n) is 5.77. The number of rotatable bonds is 3. The van der Waals surface area contributed by atoms with Crippen LogP contribution in [0.2, 0.25) is 6.82 Å². The molecule has 1 aliphatic heterocycles. The Labute approximate surface area is 143 Å². The fourth-order valence-electron chi connectivity index (χ4n) is 2.79. The van der Waals surface area contributed by atoms with Gasteiger partial charge < -0.3 is 15.7 Å². The number of aryl methyl sites for hydroxylation is 2. The third kappa shape index (κ3) is 3.91. The molecule has 0 amide bonds. The Balaban J connectivity index is 0.000000647. The molecule has 3 heterocycles. The number of fused-ring (bicyclic) bond motifs is 1. The number of aliphatic hydroxyl groups excluding tert-OH is 1.